The molecule has 2 nitrogen and oxygen atoms in total. The van der Waals surface area contributed by atoms with E-state index in [1.54, 1.807) is 7.11 Å². The minimum Gasteiger partial charge on any atom is -0.493 e. The first-order valence-electron chi connectivity index (χ1n) is 12.1. The van der Waals surface area contributed by atoms with Gasteiger partial charge in [0.15, 0.2) is 11.5 Å². The van der Waals surface area contributed by atoms with E-state index in [2.05, 4.69) is 19.9 Å². The van der Waals surface area contributed by atoms with Crippen LogP contribution in [0.3, 0.4) is 0 Å². The summed E-state index contributed by atoms with van der Waals surface area (Å²) < 4.78 is 11.3. The van der Waals surface area contributed by atoms with Gasteiger partial charge in [-0.2, -0.15) is 0 Å². The van der Waals surface area contributed by atoms with Crippen molar-refractivity contribution in [2.24, 2.45) is 0 Å². The van der Waals surface area contributed by atoms with Crippen LogP contribution in [-0.2, 0) is 0 Å². The highest BCUT2D eigenvalue weighted by atomic mass is 16.5. The molecule has 0 aliphatic heterocycles. The fraction of sp³-hybridized carbons (Fsp3) is 0.769. The van der Waals surface area contributed by atoms with Gasteiger partial charge in [-0.25, -0.2) is 0 Å². The van der Waals surface area contributed by atoms with Crippen molar-refractivity contribution in [2.75, 3.05) is 13.7 Å². The van der Waals surface area contributed by atoms with Crippen molar-refractivity contribution < 1.29 is 9.47 Å². The van der Waals surface area contributed by atoms with E-state index in [-0.39, 0.29) is 0 Å². The van der Waals surface area contributed by atoms with Crippen LogP contribution in [0.25, 0.3) is 0 Å². The first kappa shape index (κ1) is 24.9. The minimum absolute atomic E-state index is 0.790. The van der Waals surface area contributed by atoms with Gasteiger partial charge < -0.3 is 9.47 Å². The number of methoxy groups -OCH3 is 1. The molecule has 1 rings (SSSR count). The summed E-state index contributed by atoms with van der Waals surface area (Å²) in [4.78, 5) is 0. The summed E-state index contributed by atoms with van der Waals surface area (Å²) >= 11 is 0. The molecule has 0 saturated carbocycles. The molecule has 0 fully saturated rings. The first-order chi connectivity index (χ1) is 13.8. The minimum atomic E-state index is 0.790. The molecule has 28 heavy (non-hydrogen) atoms. The van der Waals surface area contributed by atoms with Gasteiger partial charge in [-0.1, -0.05) is 109 Å². The van der Waals surface area contributed by atoms with E-state index in [1.165, 1.54) is 102 Å². The van der Waals surface area contributed by atoms with E-state index in [9.17, 15) is 0 Å². The largest absolute Gasteiger partial charge is 0.493 e. The molecular weight excluding hydrogens is 344 g/mol. The Kier molecular flexibility index (Phi) is 15.9. The van der Waals surface area contributed by atoms with E-state index in [1.807, 2.05) is 12.1 Å². The standard InChI is InChI=1S/C26H46O2/c1-4-5-6-7-8-9-10-11-12-13-14-15-16-17-18-19-22-28-25-21-20-24(2)23-26(25)27-3/h20-21,23H,4-19,22H2,1-3H3. The Morgan fingerprint density at radius 3 is 1.54 bits per heavy atom. The topological polar surface area (TPSA) is 18.5 Å². The fourth-order valence-corrected chi connectivity index (χ4v) is 3.73. The molecule has 0 heterocycles. The van der Waals surface area contributed by atoms with Crippen LogP contribution >= 0.6 is 0 Å². The Balaban J connectivity index is 1.82. The van der Waals surface area contributed by atoms with Gasteiger partial charge in [0.25, 0.3) is 0 Å². The van der Waals surface area contributed by atoms with E-state index < -0.39 is 0 Å². The predicted molar refractivity (Wildman–Crippen MR) is 123 cm³/mol. The van der Waals surface area contributed by atoms with Gasteiger partial charge in [-0.15, -0.1) is 0 Å². The second kappa shape index (κ2) is 17.9. The molecule has 0 unspecified atom stereocenters. The second-order valence-corrected chi connectivity index (χ2v) is 8.31. The van der Waals surface area contributed by atoms with Gasteiger partial charge >= 0.3 is 0 Å². The molecule has 0 saturated heterocycles. The lowest BCUT2D eigenvalue weighted by molar-refractivity contribution is 0.284. The molecule has 1 aromatic rings. The number of ether oxygens (including phenoxy) is 2. The summed E-state index contributed by atoms with van der Waals surface area (Å²) in [5.74, 6) is 1.71. The van der Waals surface area contributed by atoms with Crippen LogP contribution in [0.2, 0.25) is 0 Å². The molecule has 0 radical (unpaired) electrons. The average molecular weight is 391 g/mol. The Hall–Kier alpha value is -1.18. The molecule has 2 heteroatoms. The monoisotopic (exact) mass is 390 g/mol. The van der Waals surface area contributed by atoms with Crippen LogP contribution in [0.4, 0.5) is 0 Å². The Bertz CT molecular complexity index is 470. The second-order valence-electron chi connectivity index (χ2n) is 8.31. The summed E-state index contributed by atoms with van der Waals surface area (Å²) in [5.41, 5.74) is 1.20. The maximum atomic E-state index is 5.88. The van der Waals surface area contributed by atoms with Crippen molar-refractivity contribution >= 4 is 0 Å². The van der Waals surface area contributed by atoms with Crippen LogP contribution in [0.15, 0.2) is 18.2 Å². The van der Waals surface area contributed by atoms with Crippen LogP contribution in [0.5, 0.6) is 11.5 Å². The van der Waals surface area contributed by atoms with Crippen molar-refractivity contribution in [1.82, 2.24) is 0 Å². The molecule has 0 aliphatic rings. The zero-order valence-electron chi connectivity index (χ0n) is 19.1. The number of rotatable bonds is 19. The van der Waals surface area contributed by atoms with Crippen molar-refractivity contribution in [3.05, 3.63) is 23.8 Å². The highest BCUT2D eigenvalue weighted by Gasteiger charge is 2.03. The van der Waals surface area contributed by atoms with Crippen molar-refractivity contribution in [1.29, 1.82) is 0 Å². The number of unbranched alkanes of at least 4 members (excludes halogenated alkanes) is 15. The zero-order chi connectivity index (χ0) is 20.3. The molecule has 0 aromatic heterocycles. The van der Waals surface area contributed by atoms with E-state index >= 15 is 0 Å². The molecule has 0 spiro atoms. The third-order valence-corrected chi connectivity index (χ3v) is 5.57. The predicted octanol–water partition coefficient (Wildman–Crippen LogP) is 8.64. The lowest BCUT2D eigenvalue weighted by Crippen LogP contribution is -1.99. The third-order valence-electron chi connectivity index (χ3n) is 5.57. The highest BCUT2D eigenvalue weighted by molar-refractivity contribution is 5.42. The summed E-state index contributed by atoms with van der Waals surface area (Å²) in [6, 6.07) is 6.12. The van der Waals surface area contributed by atoms with E-state index in [4.69, 9.17) is 9.47 Å². The van der Waals surface area contributed by atoms with E-state index in [0.29, 0.717) is 0 Å². The van der Waals surface area contributed by atoms with Gasteiger partial charge in [-0.3, -0.25) is 0 Å². The number of aryl methyl sites for hydroxylation is 1. The Morgan fingerprint density at radius 2 is 1.07 bits per heavy atom. The molecule has 0 amide bonds. The van der Waals surface area contributed by atoms with Crippen molar-refractivity contribution in [3.63, 3.8) is 0 Å². The smallest absolute Gasteiger partial charge is 0.161 e. The van der Waals surface area contributed by atoms with Crippen LogP contribution in [0.1, 0.15) is 115 Å². The van der Waals surface area contributed by atoms with Crippen molar-refractivity contribution in [2.45, 2.75) is 117 Å². The third kappa shape index (κ3) is 13.1. The molecule has 0 N–H and O–H groups in total. The molecule has 0 aliphatic carbocycles. The number of benzene rings is 1. The van der Waals surface area contributed by atoms with Crippen LogP contribution in [0, 0.1) is 6.92 Å². The maximum absolute atomic E-state index is 5.88. The summed E-state index contributed by atoms with van der Waals surface area (Å²) in [7, 11) is 1.70. The quantitative estimate of drug-likeness (QED) is 0.220. The molecule has 0 atom stereocenters. The fourth-order valence-electron chi connectivity index (χ4n) is 3.73. The number of hydrogen-bond donors (Lipinski definition) is 0. The van der Waals surface area contributed by atoms with Gasteiger partial charge in [0.05, 0.1) is 13.7 Å². The maximum Gasteiger partial charge on any atom is 0.161 e. The lowest BCUT2D eigenvalue weighted by Gasteiger charge is -2.11. The molecule has 162 valence electrons. The van der Waals surface area contributed by atoms with Crippen molar-refractivity contribution in [3.8, 4) is 11.5 Å². The molecule has 0 bridgehead atoms. The summed E-state index contributed by atoms with van der Waals surface area (Å²) in [5, 5.41) is 0. The summed E-state index contributed by atoms with van der Waals surface area (Å²) in [6.45, 7) is 5.15. The SMILES string of the molecule is CCCCCCCCCCCCCCCCCCOc1ccc(C)cc1OC. The van der Waals surface area contributed by atoms with Gasteiger partial charge in [-0.05, 0) is 31.0 Å². The normalized spacial score (nSPS) is 11.0. The van der Waals surface area contributed by atoms with Crippen LogP contribution in [-0.4, -0.2) is 13.7 Å². The molecular formula is C26H46O2. The van der Waals surface area contributed by atoms with E-state index in [0.717, 1.165) is 24.5 Å². The molecule has 1 aromatic carbocycles. The lowest BCUT2D eigenvalue weighted by atomic mass is 10.0. The van der Waals surface area contributed by atoms with Crippen LogP contribution < -0.4 is 9.47 Å². The Labute approximate surface area is 175 Å². The van der Waals surface area contributed by atoms with Gasteiger partial charge in [0.2, 0.25) is 0 Å². The number of hydrogen-bond acceptors (Lipinski definition) is 2. The van der Waals surface area contributed by atoms with Gasteiger partial charge in [0, 0.05) is 0 Å². The first-order valence-corrected chi connectivity index (χ1v) is 12.1. The summed E-state index contributed by atoms with van der Waals surface area (Å²) in [6.07, 6.45) is 22.3. The van der Waals surface area contributed by atoms with Gasteiger partial charge in [0.1, 0.15) is 0 Å². The Morgan fingerprint density at radius 1 is 0.607 bits per heavy atom. The highest BCUT2D eigenvalue weighted by Crippen LogP contribution is 2.28. The zero-order valence-corrected chi connectivity index (χ0v) is 19.1. The average Bonchev–Trinajstić information content (AvgIpc) is 2.71.